The van der Waals surface area contributed by atoms with E-state index >= 15 is 0 Å². The van der Waals surface area contributed by atoms with Crippen molar-refractivity contribution in [2.75, 3.05) is 0 Å². The Hall–Kier alpha value is -1.72. The number of hydrogen-bond acceptors (Lipinski definition) is 4. The van der Waals surface area contributed by atoms with Gasteiger partial charge in [0.25, 0.3) is 0 Å². The second-order valence-corrected chi connectivity index (χ2v) is 5.32. The fourth-order valence-corrected chi connectivity index (χ4v) is 2.77. The molecule has 84 valence electrons. The topological polar surface area (TPSA) is 48.4 Å². The molecule has 0 fully saturated rings. The molecule has 5 heteroatoms. The fourth-order valence-electron chi connectivity index (χ4n) is 1.73. The first-order chi connectivity index (χ1) is 8.24. The molecule has 2 aromatic rings. The summed E-state index contributed by atoms with van der Waals surface area (Å²) in [5, 5.41) is 9.64. The molecule has 1 aromatic heterocycles. The summed E-state index contributed by atoms with van der Waals surface area (Å²) in [6, 6.07) is 7.90. The van der Waals surface area contributed by atoms with Crippen molar-refractivity contribution >= 4 is 47.1 Å². The van der Waals surface area contributed by atoms with E-state index in [9.17, 15) is 5.11 Å². The minimum Gasteiger partial charge on any atom is -0.494 e. The van der Waals surface area contributed by atoms with Crippen LogP contribution in [0.3, 0.4) is 0 Å². The van der Waals surface area contributed by atoms with Crippen LogP contribution in [0.1, 0.15) is 10.4 Å². The number of aromatic hydroxyl groups is 1. The van der Waals surface area contributed by atoms with Gasteiger partial charge in [-0.05, 0) is 24.4 Å². The lowest BCUT2D eigenvalue weighted by molar-refractivity contribution is 0.456. The summed E-state index contributed by atoms with van der Waals surface area (Å²) >= 11 is 6.33. The van der Waals surface area contributed by atoms with E-state index in [4.69, 9.17) is 12.2 Å². The van der Waals surface area contributed by atoms with Gasteiger partial charge < -0.3 is 10.1 Å². The van der Waals surface area contributed by atoms with E-state index in [-0.39, 0.29) is 5.88 Å². The molecule has 0 radical (unpaired) electrons. The van der Waals surface area contributed by atoms with Crippen LogP contribution in [-0.4, -0.2) is 16.3 Å². The fraction of sp³-hybridized carbons (Fsp3) is 0. The highest BCUT2D eigenvalue weighted by molar-refractivity contribution is 7.73. The van der Waals surface area contributed by atoms with E-state index in [2.05, 4.69) is 9.98 Å². The number of H-pyrrole nitrogens is 1. The maximum Gasteiger partial charge on any atom is 0.207 e. The molecule has 2 heterocycles. The highest BCUT2D eigenvalue weighted by Crippen LogP contribution is 2.34. The Labute approximate surface area is 107 Å². The molecule has 0 saturated carbocycles. The largest absolute Gasteiger partial charge is 0.494 e. The molecule has 0 saturated heterocycles. The van der Waals surface area contributed by atoms with Gasteiger partial charge >= 0.3 is 0 Å². The number of rotatable bonds is 1. The van der Waals surface area contributed by atoms with E-state index in [1.807, 2.05) is 30.3 Å². The van der Waals surface area contributed by atoms with Gasteiger partial charge in [-0.25, -0.2) is 0 Å². The number of aromatic nitrogens is 1. The predicted octanol–water partition coefficient (Wildman–Crippen LogP) is 3.77. The number of benzene rings is 1. The van der Waals surface area contributed by atoms with Crippen LogP contribution in [0.15, 0.2) is 29.3 Å². The molecule has 17 heavy (non-hydrogen) atoms. The molecule has 1 aromatic carbocycles. The first-order valence-corrected chi connectivity index (χ1v) is 6.24. The van der Waals surface area contributed by atoms with Crippen LogP contribution >= 0.6 is 23.6 Å². The van der Waals surface area contributed by atoms with Crippen molar-refractivity contribution in [1.82, 2.24) is 4.98 Å². The van der Waals surface area contributed by atoms with Crippen molar-refractivity contribution in [3.63, 3.8) is 0 Å². The van der Waals surface area contributed by atoms with Crippen molar-refractivity contribution in [3.05, 3.63) is 38.7 Å². The van der Waals surface area contributed by atoms with Crippen molar-refractivity contribution < 1.29 is 5.11 Å². The third-order valence-electron chi connectivity index (χ3n) is 2.50. The highest BCUT2D eigenvalue weighted by Gasteiger charge is 2.12. The Balaban J connectivity index is 2.11. The van der Waals surface area contributed by atoms with Gasteiger partial charge in [-0.3, -0.25) is 4.99 Å². The van der Waals surface area contributed by atoms with Crippen LogP contribution in [0.25, 0.3) is 11.6 Å². The number of fused-ring (bicyclic) bond motifs is 1. The lowest BCUT2D eigenvalue weighted by Crippen LogP contribution is -1.78. The van der Waals surface area contributed by atoms with Gasteiger partial charge in [-0.1, -0.05) is 18.2 Å². The van der Waals surface area contributed by atoms with Crippen molar-refractivity contribution in [1.29, 1.82) is 0 Å². The van der Waals surface area contributed by atoms with Crippen LogP contribution < -0.4 is 0 Å². The quantitative estimate of drug-likeness (QED) is 0.767. The van der Waals surface area contributed by atoms with Crippen LogP contribution in [0.2, 0.25) is 0 Å². The standard InChI is InChI=1S/C12H8N2OS2/c15-11-10(17-12(16)14-11)5-7-6-13-9-4-2-1-3-8(7)9/h1-6,15H,(H,14,16)/b7-5+. The summed E-state index contributed by atoms with van der Waals surface area (Å²) in [6.45, 7) is 0. The van der Waals surface area contributed by atoms with Gasteiger partial charge in [0.1, 0.15) is 0 Å². The second kappa shape index (κ2) is 3.94. The van der Waals surface area contributed by atoms with Crippen LogP contribution in [0.5, 0.6) is 5.88 Å². The van der Waals surface area contributed by atoms with Gasteiger partial charge in [0.15, 0.2) is 3.95 Å². The molecular weight excluding hydrogens is 252 g/mol. The second-order valence-electron chi connectivity index (χ2n) is 3.60. The van der Waals surface area contributed by atoms with Gasteiger partial charge in [0.2, 0.25) is 5.88 Å². The molecule has 0 atom stereocenters. The maximum absolute atomic E-state index is 9.64. The van der Waals surface area contributed by atoms with Crippen LogP contribution in [0, 0.1) is 3.95 Å². The summed E-state index contributed by atoms with van der Waals surface area (Å²) < 4.78 is 0.567. The number of allylic oxidation sites excluding steroid dienone is 1. The van der Waals surface area contributed by atoms with E-state index in [0.29, 0.717) is 3.95 Å². The van der Waals surface area contributed by atoms with Gasteiger partial charge in [-0.15, -0.1) is 11.3 Å². The Kier molecular flexibility index (Phi) is 2.42. The van der Waals surface area contributed by atoms with E-state index in [1.165, 1.54) is 11.3 Å². The Bertz CT molecular complexity index is 695. The molecule has 0 amide bonds. The zero-order valence-corrected chi connectivity index (χ0v) is 10.3. The van der Waals surface area contributed by atoms with Crippen LogP contribution in [-0.2, 0) is 0 Å². The molecular formula is C12H8N2OS2. The number of para-hydroxylation sites is 1. The zero-order valence-electron chi connectivity index (χ0n) is 8.68. The minimum absolute atomic E-state index is 0.116. The first-order valence-electron chi connectivity index (χ1n) is 5.01. The summed E-state index contributed by atoms with van der Waals surface area (Å²) in [5.74, 6) is 0.116. The molecule has 0 unspecified atom stereocenters. The average molecular weight is 260 g/mol. The number of hydrogen-bond donors (Lipinski definition) is 2. The Morgan fingerprint density at radius 2 is 2.18 bits per heavy atom. The molecule has 3 rings (SSSR count). The van der Waals surface area contributed by atoms with Crippen molar-refractivity contribution in [2.45, 2.75) is 0 Å². The van der Waals surface area contributed by atoms with Crippen LogP contribution in [0.4, 0.5) is 5.69 Å². The van der Waals surface area contributed by atoms with Gasteiger partial charge in [0, 0.05) is 17.4 Å². The Morgan fingerprint density at radius 3 is 2.94 bits per heavy atom. The highest BCUT2D eigenvalue weighted by atomic mass is 32.1. The maximum atomic E-state index is 9.64. The SMILES string of the molecule is Oc1[nH]c(=S)sc1/C=C1\C=Nc2ccccc21. The zero-order chi connectivity index (χ0) is 11.8. The summed E-state index contributed by atoms with van der Waals surface area (Å²) in [7, 11) is 0. The van der Waals surface area contributed by atoms with E-state index in [0.717, 1.165) is 21.7 Å². The predicted molar refractivity (Wildman–Crippen MR) is 73.6 cm³/mol. The molecule has 1 aliphatic rings. The summed E-state index contributed by atoms with van der Waals surface area (Å²) in [6.07, 6.45) is 3.69. The average Bonchev–Trinajstić information content (AvgIpc) is 2.85. The van der Waals surface area contributed by atoms with Gasteiger partial charge in [0.05, 0.1) is 10.6 Å². The lowest BCUT2D eigenvalue weighted by Gasteiger charge is -1.97. The molecule has 0 spiro atoms. The number of nitrogens with zero attached hydrogens (tertiary/aromatic N) is 1. The van der Waals surface area contributed by atoms with Crippen molar-refractivity contribution in [2.24, 2.45) is 4.99 Å². The number of aromatic amines is 1. The van der Waals surface area contributed by atoms with Gasteiger partial charge in [-0.2, -0.15) is 0 Å². The van der Waals surface area contributed by atoms with E-state index < -0.39 is 0 Å². The molecule has 3 nitrogen and oxygen atoms in total. The smallest absolute Gasteiger partial charge is 0.207 e. The molecule has 0 aliphatic carbocycles. The third-order valence-corrected chi connectivity index (χ3v) is 3.67. The summed E-state index contributed by atoms with van der Waals surface area (Å²) in [4.78, 5) is 7.74. The number of aliphatic imine (C=N–C) groups is 1. The number of thiazole rings is 1. The van der Waals surface area contributed by atoms with E-state index in [1.54, 1.807) is 6.21 Å². The monoisotopic (exact) mass is 260 g/mol. The normalized spacial score (nSPS) is 15.4. The molecule has 0 bridgehead atoms. The molecule has 1 aliphatic heterocycles. The third kappa shape index (κ3) is 1.83. The molecule has 2 N–H and O–H groups in total. The lowest BCUT2D eigenvalue weighted by atomic mass is 10.1. The number of nitrogens with one attached hydrogen (secondary N) is 1. The first kappa shape index (κ1) is 10.4. The van der Waals surface area contributed by atoms with Crippen molar-refractivity contribution in [3.8, 4) is 5.88 Å². The minimum atomic E-state index is 0.116. The summed E-state index contributed by atoms with van der Waals surface area (Å²) in [5.41, 5.74) is 3.02. The Morgan fingerprint density at radius 1 is 1.35 bits per heavy atom.